The highest BCUT2D eigenvalue weighted by atomic mass is 32.7. The van der Waals surface area contributed by atoms with Gasteiger partial charge in [-0.05, 0) is 99.6 Å². The smallest absolute Gasteiger partial charge is 0.0255 e. The number of rotatable bonds is 20. The molecule has 0 nitrogen and oxygen atoms in total. The molecule has 0 bridgehead atoms. The molecule has 0 saturated carbocycles. The lowest BCUT2D eigenvalue weighted by molar-refractivity contribution is 0.896. The summed E-state index contributed by atoms with van der Waals surface area (Å²) in [5.74, 6) is 0. The number of aryl methyl sites for hydroxylation is 2. The van der Waals surface area contributed by atoms with Gasteiger partial charge in [-0.1, -0.05) is 96.6 Å². The topological polar surface area (TPSA) is 0 Å². The summed E-state index contributed by atoms with van der Waals surface area (Å²) >= 11 is 8.29. The summed E-state index contributed by atoms with van der Waals surface area (Å²) in [7, 11) is 4.09. The standard InChI is InChI=1S/2C15H26P2S2/c2*1-4-6-10-16-18-14-9-8-13(3)12-15(14)19-17-11-7-5-2/h2*8-9,12,16-17H,4-7,10-11H2,1-3H3. The average Bonchev–Trinajstić information content (AvgIpc) is 2.92. The van der Waals surface area contributed by atoms with Gasteiger partial charge in [0, 0.05) is 19.6 Å². The Morgan fingerprint density at radius 2 is 0.737 bits per heavy atom. The molecule has 2 aromatic rings. The molecule has 0 fully saturated rings. The van der Waals surface area contributed by atoms with Crippen LogP contribution in [0, 0.1) is 13.8 Å². The van der Waals surface area contributed by atoms with Crippen LogP contribution in [0.3, 0.4) is 0 Å². The second-order valence-corrected chi connectivity index (χ2v) is 20.9. The molecule has 0 radical (unpaired) electrons. The molecule has 38 heavy (non-hydrogen) atoms. The summed E-state index contributed by atoms with van der Waals surface area (Å²) in [5.41, 5.74) is 2.79. The van der Waals surface area contributed by atoms with Crippen molar-refractivity contribution in [2.24, 2.45) is 0 Å². The van der Waals surface area contributed by atoms with Crippen molar-refractivity contribution < 1.29 is 0 Å². The average molecular weight is 665 g/mol. The van der Waals surface area contributed by atoms with Crippen LogP contribution in [0.4, 0.5) is 0 Å². The fourth-order valence-corrected chi connectivity index (χ4v) is 15.8. The van der Waals surface area contributed by atoms with E-state index in [-0.39, 0.29) is 0 Å². The zero-order valence-electron chi connectivity index (χ0n) is 24.6. The fraction of sp³-hybridized carbons (Fsp3) is 0.600. The lowest BCUT2D eigenvalue weighted by atomic mass is 10.2. The maximum Gasteiger partial charge on any atom is 0.0255 e. The molecule has 0 amide bonds. The second kappa shape index (κ2) is 26.2. The maximum atomic E-state index is 2.37. The zero-order chi connectivity index (χ0) is 27.8. The highest BCUT2D eigenvalue weighted by Gasteiger charge is 2.06. The van der Waals surface area contributed by atoms with Crippen molar-refractivity contribution in [3.8, 4) is 0 Å². The van der Waals surface area contributed by atoms with E-state index in [9.17, 15) is 0 Å². The van der Waals surface area contributed by atoms with Crippen molar-refractivity contribution in [2.75, 3.05) is 24.6 Å². The molecule has 4 unspecified atom stereocenters. The van der Waals surface area contributed by atoms with Crippen LogP contribution in [0.1, 0.15) is 90.2 Å². The fourth-order valence-electron chi connectivity index (χ4n) is 3.07. The summed E-state index contributed by atoms with van der Waals surface area (Å²) in [6.45, 7) is 13.5. The second-order valence-electron chi connectivity index (χ2n) is 9.30. The van der Waals surface area contributed by atoms with Crippen LogP contribution in [-0.4, -0.2) is 24.6 Å². The van der Waals surface area contributed by atoms with Crippen LogP contribution >= 0.6 is 76.7 Å². The molecule has 0 spiro atoms. The first-order chi connectivity index (χ1) is 18.5. The van der Waals surface area contributed by atoms with E-state index in [1.165, 1.54) is 107 Å². The van der Waals surface area contributed by atoms with Gasteiger partial charge in [0.05, 0.1) is 0 Å². The van der Waals surface area contributed by atoms with E-state index in [1.807, 2.05) is 0 Å². The molecule has 4 atom stereocenters. The van der Waals surface area contributed by atoms with E-state index in [0.717, 1.165) is 31.1 Å². The van der Waals surface area contributed by atoms with Crippen molar-refractivity contribution in [2.45, 2.75) is 112 Å². The number of benzene rings is 2. The lowest BCUT2D eigenvalue weighted by Crippen LogP contribution is -1.79. The Morgan fingerprint density at radius 1 is 0.447 bits per heavy atom. The molecule has 0 saturated heterocycles. The normalized spacial score (nSPS) is 12.2. The van der Waals surface area contributed by atoms with E-state index in [4.69, 9.17) is 0 Å². The van der Waals surface area contributed by atoms with Gasteiger partial charge in [0.15, 0.2) is 0 Å². The van der Waals surface area contributed by atoms with Gasteiger partial charge in [-0.2, -0.15) is 0 Å². The third-order valence-electron chi connectivity index (χ3n) is 5.46. The Hall–Kier alpha value is 1.56. The predicted molar refractivity (Wildman–Crippen MR) is 198 cm³/mol. The van der Waals surface area contributed by atoms with Crippen molar-refractivity contribution >= 4 is 76.7 Å². The van der Waals surface area contributed by atoms with Crippen LogP contribution in [0.25, 0.3) is 0 Å². The van der Waals surface area contributed by atoms with Crippen molar-refractivity contribution in [3.05, 3.63) is 47.5 Å². The molecular weight excluding hydrogens is 612 g/mol. The molecule has 0 N–H and O–H groups in total. The van der Waals surface area contributed by atoms with Gasteiger partial charge in [-0.15, -0.1) is 45.5 Å². The third kappa shape index (κ3) is 18.9. The first kappa shape index (κ1) is 37.6. The lowest BCUT2D eigenvalue weighted by Gasteiger charge is -2.10. The van der Waals surface area contributed by atoms with Gasteiger partial charge in [-0.25, -0.2) is 0 Å². The molecule has 2 aromatic carbocycles. The first-order valence-electron chi connectivity index (χ1n) is 14.4. The number of unbranched alkanes of at least 4 members (excludes halogenated alkanes) is 4. The Bertz CT molecular complexity index is 781. The molecule has 0 aliphatic carbocycles. The number of hydrogen-bond acceptors (Lipinski definition) is 4. The van der Waals surface area contributed by atoms with Gasteiger partial charge in [0.25, 0.3) is 0 Å². The molecule has 8 heteroatoms. The van der Waals surface area contributed by atoms with Gasteiger partial charge < -0.3 is 0 Å². The van der Waals surface area contributed by atoms with Crippen LogP contribution in [-0.2, 0) is 0 Å². The van der Waals surface area contributed by atoms with Gasteiger partial charge in [-0.3, -0.25) is 0 Å². The minimum Gasteiger partial charge on any atom is -0.101 e. The minimum atomic E-state index is 1.02. The number of hydrogen-bond donors (Lipinski definition) is 0. The van der Waals surface area contributed by atoms with Crippen molar-refractivity contribution in [1.82, 2.24) is 0 Å². The van der Waals surface area contributed by atoms with E-state index in [0.29, 0.717) is 0 Å². The van der Waals surface area contributed by atoms with Crippen LogP contribution in [0.5, 0.6) is 0 Å². The summed E-state index contributed by atoms with van der Waals surface area (Å²) in [6, 6.07) is 13.9. The summed E-state index contributed by atoms with van der Waals surface area (Å²) in [4.78, 5) is 6.05. The Morgan fingerprint density at radius 3 is 1.03 bits per heavy atom. The monoisotopic (exact) mass is 664 g/mol. The predicted octanol–water partition coefficient (Wildman–Crippen LogP) is 13.9. The highest BCUT2D eigenvalue weighted by molar-refractivity contribution is 8.52. The van der Waals surface area contributed by atoms with E-state index >= 15 is 0 Å². The van der Waals surface area contributed by atoms with Crippen molar-refractivity contribution in [3.63, 3.8) is 0 Å². The summed E-state index contributed by atoms with van der Waals surface area (Å²) in [6.07, 6.45) is 16.3. The molecule has 0 aliphatic rings. The van der Waals surface area contributed by atoms with Crippen LogP contribution < -0.4 is 0 Å². The van der Waals surface area contributed by atoms with E-state index in [1.54, 1.807) is 0 Å². The summed E-state index contributed by atoms with van der Waals surface area (Å²) < 4.78 is 0. The molecule has 216 valence electrons. The Kier molecular flexibility index (Phi) is 25.9. The largest absolute Gasteiger partial charge is 0.101 e. The minimum absolute atomic E-state index is 1.02. The highest BCUT2D eigenvalue weighted by Crippen LogP contribution is 2.48. The van der Waals surface area contributed by atoms with E-state index < -0.39 is 0 Å². The molecule has 2 rings (SSSR count). The maximum absolute atomic E-state index is 2.37. The molecular formula is C30H52P4S4. The van der Waals surface area contributed by atoms with Gasteiger partial charge in [0.1, 0.15) is 0 Å². The van der Waals surface area contributed by atoms with Gasteiger partial charge in [0.2, 0.25) is 0 Å². The van der Waals surface area contributed by atoms with Crippen LogP contribution in [0.15, 0.2) is 56.0 Å². The Labute approximate surface area is 259 Å². The SMILES string of the molecule is CCCCPSc1ccc(C)cc1SPCCCC.CCCCPSc1ccc(C)cc1SPCCCC. The molecule has 0 aromatic heterocycles. The molecule has 0 aliphatic heterocycles. The first-order valence-corrected chi connectivity index (χ1v) is 25.3. The van der Waals surface area contributed by atoms with Crippen molar-refractivity contribution in [1.29, 1.82) is 0 Å². The van der Waals surface area contributed by atoms with Gasteiger partial charge >= 0.3 is 0 Å². The molecule has 0 heterocycles. The van der Waals surface area contributed by atoms with E-state index in [2.05, 4.69) is 123 Å². The Balaban J connectivity index is 0.000000380. The third-order valence-corrected chi connectivity index (χ3v) is 17.6. The quantitative estimate of drug-likeness (QED) is 0.102. The van der Waals surface area contributed by atoms with Crippen LogP contribution in [0.2, 0.25) is 0 Å². The zero-order valence-corrected chi connectivity index (χ0v) is 31.8. The summed E-state index contributed by atoms with van der Waals surface area (Å²) in [5, 5.41) is 0.